The fourth-order valence-corrected chi connectivity index (χ4v) is 2.98. The Morgan fingerprint density at radius 1 is 1.32 bits per heavy atom. The van der Waals surface area contributed by atoms with E-state index >= 15 is 0 Å². The molecule has 1 aliphatic rings. The summed E-state index contributed by atoms with van der Waals surface area (Å²) in [5.74, 6) is -0.129. The third kappa shape index (κ3) is 4.55. The number of aliphatic carboxylic acids is 1. The van der Waals surface area contributed by atoms with E-state index in [1.165, 1.54) is 5.56 Å². The zero-order valence-corrected chi connectivity index (χ0v) is 13.9. The van der Waals surface area contributed by atoms with E-state index in [1.807, 2.05) is 6.07 Å². The molecule has 0 radical (unpaired) electrons. The number of benzene rings is 1. The summed E-state index contributed by atoms with van der Waals surface area (Å²) in [6, 6.07) is 11.0. The zero-order valence-electron chi connectivity index (χ0n) is 13.9. The molecule has 1 aromatic carbocycles. The van der Waals surface area contributed by atoms with E-state index in [9.17, 15) is 4.79 Å². The zero-order chi connectivity index (χ0) is 16.2. The van der Waals surface area contributed by atoms with Gasteiger partial charge in [-0.1, -0.05) is 37.3 Å². The van der Waals surface area contributed by atoms with Crippen LogP contribution in [-0.4, -0.2) is 41.7 Å². The van der Waals surface area contributed by atoms with Gasteiger partial charge in [0.25, 0.3) is 0 Å². The summed E-state index contributed by atoms with van der Waals surface area (Å²) in [6.07, 6.45) is 0.657. The van der Waals surface area contributed by atoms with Crippen LogP contribution in [0.5, 0.6) is 0 Å². The molecule has 2 unspecified atom stereocenters. The maximum atomic E-state index is 11.1. The van der Waals surface area contributed by atoms with Gasteiger partial charge in [0.15, 0.2) is 0 Å². The highest BCUT2D eigenvalue weighted by atomic mass is 16.4. The quantitative estimate of drug-likeness (QED) is 0.813. The molecule has 2 N–H and O–H groups in total. The second-order valence-electron chi connectivity index (χ2n) is 7.16. The van der Waals surface area contributed by atoms with Crippen molar-refractivity contribution in [2.75, 3.05) is 19.6 Å². The fourth-order valence-electron chi connectivity index (χ4n) is 2.98. The molecule has 1 aliphatic heterocycles. The third-order valence-corrected chi connectivity index (χ3v) is 4.67. The molecule has 0 aliphatic carbocycles. The summed E-state index contributed by atoms with van der Waals surface area (Å²) < 4.78 is 0. The predicted octanol–water partition coefficient (Wildman–Crippen LogP) is 2.60. The molecule has 2 atom stereocenters. The first-order valence-electron chi connectivity index (χ1n) is 8.11. The van der Waals surface area contributed by atoms with Crippen molar-refractivity contribution >= 4 is 5.97 Å². The van der Waals surface area contributed by atoms with Crippen molar-refractivity contribution < 1.29 is 9.90 Å². The second kappa shape index (κ2) is 7.25. The minimum atomic E-state index is -0.723. The molecule has 0 aromatic heterocycles. The van der Waals surface area contributed by atoms with Crippen LogP contribution in [0.15, 0.2) is 30.3 Å². The van der Waals surface area contributed by atoms with E-state index < -0.39 is 11.4 Å². The Kier molecular flexibility index (Phi) is 5.59. The van der Waals surface area contributed by atoms with Crippen molar-refractivity contribution in [1.82, 2.24) is 10.2 Å². The standard InChI is InChI=1S/C18H28N2O2/c1-14-11-20(12-15-7-5-4-6-8-15)13-16(14)19-10-9-18(2,3)17(21)22/h4-8,14,16,19H,9-13H2,1-3H3,(H,21,22). The molecule has 2 rings (SSSR count). The van der Waals surface area contributed by atoms with Crippen molar-refractivity contribution in [3.63, 3.8) is 0 Å². The first-order valence-corrected chi connectivity index (χ1v) is 8.11. The molecule has 4 heteroatoms. The molecule has 1 aromatic rings. The Morgan fingerprint density at radius 2 is 2.00 bits per heavy atom. The van der Waals surface area contributed by atoms with Gasteiger partial charge in [-0.2, -0.15) is 0 Å². The van der Waals surface area contributed by atoms with Crippen LogP contribution in [0.1, 0.15) is 32.8 Å². The van der Waals surface area contributed by atoms with Gasteiger partial charge in [-0.05, 0) is 38.3 Å². The number of hydrogen-bond acceptors (Lipinski definition) is 3. The minimum Gasteiger partial charge on any atom is -0.481 e. The summed E-state index contributed by atoms with van der Waals surface area (Å²) in [6.45, 7) is 9.72. The maximum Gasteiger partial charge on any atom is 0.309 e. The van der Waals surface area contributed by atoms with Crippen molar-refractivity contribution in [3.05, 3.63) is 35.9 Å². The van der Waals surface area contributed by atoms with Crippen molar-refractivity contribution in [2.24, 2.45) is 11.3 Å². The normalized spacial score (nSPS) is 22.9. The lowest BCUT2D eigenvalue weighted by atomic mass is 9.89. The van der Waals surface area contributed by atoms with Crippen LogP contribution in [-0.2, 0) is 11.3 Å². The average Bonchev–Trinajstić information content (AvgIpc) is 2.79. The number of likely N-dealkylation sites (tertiary alicyclic amines) is 1. The second-order valence-corrected chi connectivity index (χ2v) is 7.16. The number of carbonyl (C=O) groups is 1. The van der Waals surface area contributed by atoms with E-state index in [-0.39, 0.29) is 0 Å². The van der Waals surface area contributed by atoms with Gasteiger partial charge in [0, 0.05) is 25.7 Å². The Labute approximate surface area is 133 Å². The van der Waals surface area contributed by atoms with Crippen LogP contribution in [0, 0.1) is 11.3 Å². The first kappa shape index (κ1) is 17.0. The highest BCUT2D eigenvalue weighted by molar-refractivity contribution is 5.73. The topological polar surface area (TPSA) is 52.6 Å². The van der Waals surface area contributed by atoms with E-state index in [0.29, 0.717) is 18.4 Å². The third-order valence-electron chi connectivity index (χ3n) is 4.67. The number of rotatable bonds is 7. The molecule has 0 spiro atoms. The Balaban J connectivity index is 1.78. The molecule has 122 valence electrons. The smallest absolute Gasteiger partial charge is 0.309 e. The highest BCUT2D eigenvalue weighted by Crippen LogP contribution is 2.22. The molecule has 0 amide bonds. The summed E-state index contributed by atoms with van der Waals surface area (Å²) in [7, 11) is 0. The summed E-state index contributed by atoms with van der Waals surface area (Å²) >= 11 is 0. The molecule has 1 heterocycles. The SMILES string of the molecule is CC1CN(Cc2ccccc2)CC1NCCC(C)(C)C(=O)O. The van der Waals surface area contributed by atoms with Gasteiger partial charge < -0.3 is 10.4 Å². The lowest BCUT2D eigenvalue weighted by Crippen LogP contribution is -2.38. The van der Waals surface area contributed by atoms with E-state index in [2.05, 4.69) is 41.4 Å². The van der Waals surface area contributed by atoms with Gasteiger partial charge in [-0.15, -0.1) is 0 Å². The van der Waals surface area contributed by atoms with Crippen LogP contribution in [0.25, 0.3) is 0 Å². The lowest BCUT2D eigenvalue weighted by molar-refractivity contribution is -0.147. The molecule has 22 heavy (non-hydrogen) atoms. The Hall–Kier alpha value is -1.39. The predicted molar refractivity (Wildman–Crippen MR) is 88.7 cm³/mol. The average molecular weight is 304 g/mol. The Morgan fingerprint density at radius 3 is 2.64 bits per heavy atom. The van der Waals surface area contributed by atoms with E-state index in [0.717, 1.165) is 26.2 Å². The van der Waals surface area contributed by atoms with E-state index in [4.69, 9.17) is 5.11 Å². The van der Waals surface area contributed by atoms with Crippen LogP contribution in [0.2, 0.25) is 0 Å². The van der Waals surface area contributed by atoms with Crippen molar-refractivity contribution in [2.45, 2.75) is 39.8 Å². The highest BCUT2D eigenvalue weighted by Gasteiger charge is 2.31. The molecule has 1 saturated heterocycles. The molecule has 0 saturated carbocycles. The first-order chi connectivity index (χ1) is 10.4. The number of carboxylic acid groups (broad SMARTS) is 1. The molecular formula is C18H28N2O2. The minimum absolute atomic E-state index is 0.452. The van der Waals surface area contributed by atoms with Crippen molar-refractivity contribution in [1.29, 1.82) is 0 Å². The number of hydrogen-bond donors (Lipinski definition) is 2. The van der Waals surface area contributed by atoms with Crippen LogP contribution >= 0.6 is 0 Å². The van der Waals surface area contributed by atoms with Crippen LogP contribution in [0.3, 0.4) is 0 Å². The van der Waals surface area contributed by atoms with Gasteiger partial charge in [-0.25, -0.2) is 0 Å². The fraction of sp³-hybridized carbons (Fsp3) is 0.611. The van der Waals surface area contributed by atoms with Crippen LogP contribution < -0.4 is 5.32 Å². The van der Waals surface area contributed by atoms with Gasteiger partial charge in [-0.3, -0.25) is 9.69 Å². The van der Waals surface area contributed by atoms with Gasteiger partial charge in [0.05, 0.1) is 5.41 Å². The molecule has 1 fully saturated rings. The monoisotopic (exact) mass is 304 g/mol. The maximum absolute atomic E-state index is 11.1. The van der Waals surface area contributed by atoms with Crippen molar-refractivity contribution in [3.8, 4) is 0 Å². The number of nitrogens with one attached hydrogen (secondary N) is 1. The summed E-state index contributed by atoms with van der Waals surface area (Å²) in [4.78, 5) is 13.6. The van der Waals surface area contributed by atoms with Gasteiger partial charge in [0.1, 0.15) is 0 Å². The lowest BCUT2D eigenvalue weighted by Gasteiger charge is -2.22. The summed E-state index contributed by atoms with van der Waals surface area (Å²) in [5.41, 5.74) is 0.695. The largest absolute Gasteiger partial charge is 0.481 e. The van der Waals surface area contributed by atoms with Gasteiger partial charge in [0.2, 0.25) is 0 Å². The Bertz CT molecular complexity index is 487. The molecule has 4 nitrogen and oxygen atoms in total. The summed E-state index contributed by atoms with van der Waals surface area (Å²) in [5, 5.41) is 12.7. The van der Waals surface area contributed by atoms with Crippen LogP contribution in [0.4, 0.5) is 0 Å². The van der Waals surface area contributed by atoms with E-state index in [1.54, 1.807) is 13.8 Å². The van der Waals surface area contributed by atoms with Gasteiger partial charge >= 0.3 is 5.97 Å². The number of nitrogens with zero attached hydrogens (tertiary/aromatic N) is 1. The molecule has 0 bridgehead atoms. The molecular weight excluding hydrogens is 276 g/mol. The number of carboxylic acids is 1.